The Balaban J connectivity index is 1.48. The summed E-state index contributed by atoms with van der Waals surface area (Å²) in [6, 6.07) is 12.8. The number of hydrogen-bond donors (Lipinski definition) is 0. The number of rotatable bonds is 5. The van der Waals surface area contributed by atoms with Gasteiger partial charge in [-0.15, -0.1) is 0 Å². The van der Waals surface area contributed by atoms with E-state index in [9.17, 15) is 14.9 Å². The first-order valence-corrected chi connectivity index (χ1v) is 8.19. The van der Waals surface area contributed by atoms with Crippen molar-refractivity contribution < 1.29 is 14.5 Å². The summed E-state index contributed by atoms with van der Waals surface area (Å²) < 4.78 is 5.48. The predicted octanol–water partition coefficient (Wildman–Crippen LogP) is 2.81. The van der Waals surface area contributed by atoms with Gasteiger partial charge in [-0.25, -0.2) is 9.78 Å². The highest BCUT2D eigenvalue weighted by Crippen LogP contribution is 2.18. The molecule has 0 saturated carbocycles. The van der Waals surface area contributed by atoms with Crippen LogP contribution in [0.4, 0.5) is 5.69 Å². The number of hydrogen-bond acceptors (Lipinski definition) is 6. The summed E-state index contributed by atoms with van der Waals surface area (Å²) in [6.45, 7) is 2.62. The van der Waals surface area contributed by atoms with Crippen LogP contribution in [0.1, 0.15) is 28.9 Å². The Bertz CT molecular complexity index is 726. The number of ether oxygens (including phenoxy) is 1. The number of benzene rings is 1. The molecule has 25 heavy (non-hydrogen) atoms. The third-order valence-corrected chi connectivity index (χ3v) is 4.23. The summed E-state index contributed by atoms with van der Waals surface area (Å²) in [7, 11) is 0. The second-order valence-corrected chi connectivity index (χ2v) is 6.03. The number of aromatic nitrogens is 1. The third-order valence-electron chi connectivity index (χ3n) is 4.23. The second-order valence-electron chi connectivity index (χ2n) is 6.03. The fourth-order valence-corrected chi connectivity index (χ4v) is 2.85. The quantitative estimate of drug-likeness (QED) is 0.472. The highest BCUT2D eigenvalue weighted by molar-refractivity contribution is 5.87. The molecule has 1 fully saturated rings. The van der Waals surface area contributed by atoms with E-state index < -0.39 is 10.9 Å². The van der Waals surface area contributed by atoms with E-state index in [1.54, 1.807) is 0 Å². The molecule has 2 heterocycles. The van der Waals surface area contributed by atoms with Gasteiger partial charge >= 0.3 is 5.97 Å². The Morgan fingerprint density at radius 1 is 1.20 bits per heavy atom. The maximum absolute atomic E-state index is 12.1. The molecule has 1 aromatic carbocycles. The van der Waals surface area contributed by atoms with Crippen LogP contribution in [-0.2, 0) is 11.3 Å². The zero-order valence-corrected chi connectivity index (χ0v) is 13.7. The standard InChI is InChI=1S/C18H19N3O4/c22-18(17-7-6-15(12-19-17)21(23)24)25-16-8-10-20(11-9-16)13-14-4-2-1-3-5-14/h1-7,12,16H,8-11,13H2. The molecule has 0 unspecified atom stereocenters. The van der Waals surface area contributed by atoms with Crippen LogP contribution in [0, 0.1) is 10.1 Å². The van der Waals surface area contributed by atoms with Gasteiger partial charge in [0.25, 0.3) is 5.69 Å². The largest absolute Gasteiger partial charge is 0.458 e. The Hall–Kier alpha value is -2.80. The molecule has 0 aliphatic carbocycles. The van der Waals surface area contributed by atoms with Gasteiger partial charge in [-0.3, -0.25) is 15.0 Å². The highest BCUT2D eigenvalue weighted by atomic mass is 16.6. The second kappa shape index (κ2) is 7.85. The first kappa shape index (κ1) is 17.0. The lowest BCUT2D eigenvalue weighted by molar-refractivity contribution is -0.385. The zero-order valence-electron chi connectivity index (χ0n) is 13.7. The molecular weight excluding hydrogens is 322 g/mol. The van der Waals surface area contributed by atoms with Crippen LogP contribution >= 0.6 is 0 Å². The van der Waals surface area contributed by atoms with E-state index in [1.807, 2.05) is 18.2 Å². The Morgan fingerprint density at radius 2 is 1.92 bits per heavy atom. The summed E-state index contributed by atoms with van der Waals surface area (Å²) in [5.41, 5.74) is 1.22. The van der Waals surface area contributed by atoms with Crippen LogP contribution in [0.3, 0.4) is 0 Å². The van der Waals surface area contributed by atoms with Crippen molar-refractivity contribution in [2.24, 2.45) is 0 Å². The summed E-state index contributed by atoms with van der Waals surface area (Å²) in [5.74, 6) is -0.531. The number of piperidine rings is 1. The van der Waals surface area contributed by atoms with E-state index in [2.05, 4.69) is 22.0 Å². The normalized spacial score (nSPS) is 15.7. The summed E-state index contributed by atoms with van der Waals surface area (Å²) in [5, 5.41) is 10.6. The molecule has 1 saturated heterocycles. The molecule has 0 atom stereocenters. The SMILES string of the molecule is O=C(OC1CCN(Cc2ccccc2)CC1)c1ccc([N+](=O)[O-])cn1. The molecule has 0 N–H and O–H groups in total. The smallest absolute Gasteiger partial charge is 0.357 e. The molecule has 0 amide bonds. The van der Waals surface area contributed by atoms with Crippen LogP contribution < -0.4 is 0 Å². The summed E-state index contributed by atoms with van der Waals surface area (Å²) >= 11 is 0. The van der Waals surface area contributed by atoms with Crippen LogP contribution in [0.25, 0.3) is 0 Å². The molecular formula is C18H19N3O4. The molecule has 3 rings (SSSR count). The van der Waals surface area contributed by atoms with Crippen molar-refractivity contribution in [1.29, 1.82) is 0 Å². The van der Waals surface area contributed by atoms with Gasteiger partial charge in [0.05, 0.1) is 4.92 Å². The van der Waals surface area contributed by atoms with Gasteiger partial charge < -0.3 is 4.74 Å². The molecule has 1 aliphatic rings. The van der Waals surface area contributed by atoms with Crippen molar-refractivity contribution in [2.45, 2.75) is 25.5 Å². The fourth-order valence-electron chi connectivity index (χ4n) is 2.85. The van der Waals surface area contributed by atoms with Gasteiger partial charge in [0.1, 0.15) is 18.0 Å². The van der Waals surface area contributed by atoms with Crippen LogP contribution in [0.5, 0.6) is 0 Å². The number of pyridine rings is 1. The van der Waals surface area contributed by atoms with Crippen molar-refractivity contribution in [2.75, 3.05) is 13.1 Å². The average Bonchev–Trinajstić information content (AvgIpc) is 2.64. The predicted molar refractivity (Wildman–Crippen MR) is 91.0 cm³/mol. The lowest BCUT2D eigenvalue weighted by atomic mass is 10.1. The highest BCUT2D eigenvalue weighted by Gasteiger charge is 2.23. The Morgan fingerprint density at radius 3 is 2.52 bits per heavy atom. The lowest BCUT2D eigenvalue weighted by Gasteiger charge is -2.31. The first-order chi connectivity index (χ1) is 12.1. The monoisotopic (exact) mass is 341 g/mol. The van der Waals surface area contributed by atoms with Crippen molar-refractivity contribution in [3.63, 3.8) is 0 Å². The minimum absolute atomic E-state index is 0.0947. The summed E-state index contributed by atoms with van der Waals surface area (Å²) in [4.78, 5) is 28.3. The van der Waals surface area contributed by atoms with Gasteiger partial charge in [-0.2, -0.15) is 0 Å². The molecule has 7 nitrogen and oxygen atoms in total. The van der Waals surface area contributed by atoms with Crippen LogP contribution in [-0.4, -0.2) is 40.0 Å². The fraction of sp³-hybridized carbons (Fsp3) is 0.333. The average molecular weight is 341 g/mol. The number of nitrogens with zero attached hydrogens (tertiary/aromatic N) is 3. The van der Waals surface area contributed by atoms with Crippen molar-refractivity contribution in [3.05, 3.63) is 70.0 Å². The van der Waals surface area contributed by atoms with Gasteiger partial charge in [0, 0.05) is 25.7 Å². The van der Waals surface area contributed by atoms with E-state index in [0.29, 0.717) is 0 Å². The van der Waals surface area contributed by atoms with Gasteiger partial charge in [0.2, 0.25) is 0 Å². The van der Waals surface area contributed by atoms with E-state index in [0.717, 1.165) is 38.7 Å². The van der Waals surface area contributed by atoms with E-state index >= 15 is 0 Å². The molecule has 0 spiro atoms. The van der Waals surface area contributed by atoms with Crippen LogP contribution in [0.15, 0.2) is 48.7 Å². The minimum Gasteiger partial charge on any atom is -0.458 e. The molecule has 1 aromatic heterocycles. The first-order valence-electron chi connectivity index (χ1n) is 8.19. The Labute approximate surface area is 145 Å². The molecule has 7 heteroatoms. The molecule has 0 radical (unpaired) electrons. The van der Waals surface area contributed by atoms with Crippen molar-refractivity contribution in [3.8, 4) is 0 Å². The molecule has 0 bridgehead atoms. The van der Waals surface area contributed by atoms with Gasteiger partial charge in [0.15, 0.2) is 0 Å². The molecule has 130 valence electrons. The maximum Gasteiger partial charge on any atom is 0.357 e. The molecule has 2 aromatic rings. The van der Waals surface area contributed by atoms with E-state index in [4.69, 9.17) is 4.74 Å². The third kappa shape index (κ3) is 4.60. The number of esters is 1. The van der Waals surface area contributed by atoms with Gasteiger partial charge in [-0.05, 0) is 24.5 Å². The van der Waals surface area contributed by atoms with Gasteiger partial charge in [-0.1, -0.05) is 30.3 Å². The zero-order chi connectivity index (χ0) is 17.6. The number of likely N-dealkylation sites (tertiary alicyclic amines) is 1. The van der Waals surface area contributed by atoms with Crippen molar-refractivity contribution >= 4 is 11.7 Å². The maximum atomic E-state index is 12.1. The number of carbonyl (C=O) groups excluding carboxylic acids is 1. The lowest BCUT2D eigenvalue weighted by Crippen LogP contribution is -2.37. The number of nitro groups is 1. The summed E-state index contributed by atoms with van der Waals surface area (Å²) in [6.07, 6.45) is 2.47. The number of carbonyl (C=O) groups is 1. The molecule has 1 aliphatic heterocycles. The van der Waals surface area contributed by atoms with E-state index in [-0.39, 0.29) is 17.5 Å². The van der Waals surface area contributed by atoms with Crippen molar-refractivity contribution in [1.82, 2.24) is 9.88 Å². The topological polar surface area (TPSA) is 85.6 Å². The van der Waals surface area contributed by atoms with Crippen LogP contribution in [0.2, 0.25) is 0 Å². The minimum atomic E-state index is -0.551. The van der Waals surface area contributed by atoms with E-state index in [1.165, 1.54) is 17.7 Å². The Kier molecular flexibility index (Phi) is 5.35.